The van der Waals surface area contributed by atoms with E-state index in [9.17, 15) is 8.42 Å². The van der Waals surface area contributed by atoms with Crippen LogP contribution in [0.5, 0.6) is 0 Å². The number of nitrogens with two attached hydrogens (primary N) is 1. The summed E-state index contributed by atoms with van der Waals surface area (Å²) in [6, 6.07) is 6.62. The summed E-state index contributed by atoms with van der Waals surface area (Å²) >= 11 is 0. The van der Waals surface area contributed by atoms with Crippen LogP contribution in [0, 0.1) is 5.92 Å². The van der Waals surface area contributed by atoms with E-state index in [4.69, 9.17) is 5.14 Å². The van der Waals surface area contributed by atoms with E-state index in [1.54, 1.807) is 19.2 Å². The molecule has 6 nitrogen and oxygen atoms in total. The lowest BCUT2D eigenvalue weighted by Gasteiger charge is -2.13. The van der Waals surface area contributed by atoms with Crippen LogP contribution in [0.3, 0.4) is 0 Å². The van der Waals surface area contributed by atoms with Crippen LogP contribution >= 0.6 is 24.0 Å². The number of hydrogen-bond acceptors (Lipinski definition) is 3. The van der Waals surface area contributed by atoms with Crippen molar-refractivity contribution in [3.63, 3.8) is 0 Å². The molecule has 0 spiro atoms. The Kier molecular flexibility index (Phi) is 9.73. The molecule has 0 aromatic heterocycles. The van der Waals surface area contributed by atoms with Crippen LogP contribution in [0.25, 0.3) is 0 Å². The molecule has 1 saturated carbocycles. The normalized spacial score (nSPS) is 15.7. The Bertz CT molecular complexity index is 658. The maximum Gasteiger partial charge on any atom is 0.238 e. The van der Waals surface area contributed by atoms with Crippen molar-refractivity contribution in [1.29, 1.82) is 0 Å². The molecule has 0 amide bonds. The minimum absolute atomic E-state index is 0. The maximum atomic E-state index is 11.4. The molecule has 1 aromatic carbocycles. The highest BCUT2D eigenvalue weighted by Gasteiger charge is 2.14. The number of rotatable bonds is 7. The van der Waals surface area contributed by atoms with Crippen LogP contribution in [0.1, 0.15) is 44.1 Å². The number of hydrogen-bond donors (Lipinski definition) is 3. The second kappa shape index (κ2) is 11.0. The summed E-state index contributed by atoms with van der Waals surface area (Å²) in [5, 5.41) is 11.7. The Balaban J connectivity index is 0.00000312. The highest BCUT2D eigenvalue weighted by molar-refractivity contribution is 14.0. The average molecular weight is 480 g/mol. The number of aliphatic imine (C=N–C) groups is 1. The molecule has 2 rings (SSSR count). The zero-order chi connectivity index (χ0) is 17.4. The first kappa shape index (κ1) is 22.2. The van der Waals surface area contributed by atoms with Gasteiger partial charge in [-0.25, -0.2) is 13.6 Å². The molecule has 1 aliphatic carbocycles. The summed E-state index contributed by atoms with van der Waals surface area (Å²) < 4.78 is 22.8. The highest BCUT2D eigenvalue weighted by atomic mass is 127. The highest BCUT2D eigenvalue weighted by Crippen LogP contribution is 2.28. The molecule has 8 heteroatoms. The molecule has 142 valence electrons. The summed E-state index contributed by atoms with van der Waals surface area (Å²) in [4.78, 5) is 4.32. The Labute approximate surface area is 168 Å². The summed E-state index contributed by atoms with van der Waals surface area (Å²) in [5.74, 6) is 1.63. The molecular formula is C17H29IN4O2S. The Morgan fingerprint density at radius 2 is 2.00 bits per heavy atom. The van der Waals surface area contributed by atoms with Gasteiger partial charge >= 0.3 is 0 Å². The van der Waals surface area contributed by atoms with E-state index < -0.39 is 10.0 Å². The maximum absolute atomic E-state index is 11.4. The van der Waals surface area contributed by atoms with Gasteiger partial charge in [-0.15, -0.1) is 24.0 Å². The fourth-order valence-electron chi connectivity index (χ4n) is 3.14. The van der Waals surface area contributed by atoms with Crippen molar-refractivity contribution in [2.24, 2.45) is 16.0 Å². The monoisotopic (exact) mass is 480 g/mol. The first-order valence-corrected chi connectivity index (χ1v) is 10.1. The number of nitrogens with one attached hydrogen (secondary N) is 2. The summed E-state index contributed by atoms with van der Waals surface area (Å²) in [7, 11) is -1.94. The molecule has 1 aliphatic rings. The summed E-state index contributed by atoms with van der Waals surface area (Å²) in [6.45, 7) is 1.39. The van der Waals surface area contributed by atoms with Gasteiger partial charge in [0.25, 0.3) is 0 Å². The molecule has 1 fully saturated rings. The van der Waals surface area contributed by atoms with E-state index in [0.717, 1.165) is 30.4 Å². The minimum atomic E-state index is -3.67. The summed E-state index contributed by atoms with van der Waals surface area (Å²) in [6.07, 6.45) is 7.96. The second-order valence-electron chi connectivity index (χ2n) is 6.34. The SMILES string of the molecule is CN=C(NCCCC1CCCC1)NCc1cccc(S(N)(=O)=O)c1.I. The molecule has 0 atom stereocenters. The van der Waals surface area contributed by atoms with Crippen molar-refractivity contribution in [3.05, 3.63) is 29.8 Å². The Morgan fingerprint density at radius 3 is 2.64 bits per heavy atom. The van der Waals surface area contributed by atoms with Crippen molar-refractivity contribution in [1.82, 2.24) is 10.6 Å². The van der Waals surface area contributed by atoms with Gasteiger partial charge in [-0.05, 0) is 36.5 Å². The van der Waals surface area contributed by atoms with E-state index in [-0.39, 0.29) is 28.9 Å². The number of nitrogens with zero attached hydrogens (tertiary/aromatic N) is 1. The van der Waals surface area contributed by atoms with E-state index in [1.807, 2.05) is 6.07 Å². The number of halogens is 1. The van der Waals surface area contributed by atoms with E-state index in [0.29, 0.717) is 6.54 Å². The lowest BCUT2D eigenvalue weighted by molar-refractivity contribution is 0.481. The van der Waals surface area contributed by atoms with Gasteiger partial charge in [-0.3, -0.25) is 4.99 Å². The minimum Gasteiger partial charge on any atom is -0.356 e. The van der Waals surface area contributed by atoms with E-state index in [1.165, 1.54) is 38.2 Å². The largest absolute Gasteiger partial charge is 0.356 e. The first-order valence-electron chi connectivity index (χ1n) is 8.55. The predicted molar refractivity (Wildman–Crippen MR) is 113 cm³/mol. The lowest BCUT2D eigenvalue weighted by Crippen LogP contribution is -2.37. The van der Waals surface area contributed by atoms with Gasteiger partial charge in [-0.1, -0.05) is 37.8 Å². The van der Waals surface area contributed by atoms with Crippen molar-refractivity contribution in [2.75, 3.05) is 13.6 Å². The van der Waals surface area contributed by atoms with Crippen LogP contribution < -0.4 is 15.8 Å². The van der Waals surface area contributed by atoms with Crippen LogP contribution in [-0.4, -0.2) is 28.0 Å². The molecule has 0 bridgehead atoms. The topological polar surface area (TPSA) is 96.6 Å². The molecule has 0 radical (unpaired) electrons. The zero-order valence-corrected chi connectivity index (χ0v) is 17.8. The van der Waals surface area contributed by atoms with Crippen LogP contribution in [0.15, 0.2) is 34.2 Å². The standard InChI is InChI=1S/C17H28N4O2S.HI/c1-19-17(20-11-5-9-14-6-2-3-7-14)21-13-15-8-4-10-16(12-15)24(18,22)23;/h4,8,10,12,14H,2-3,5-7,9,11,13H2,1H3,(H2,18,22,23)(H2,19,20,21);1H. The lowest BCUT2D eigenvalue weighted by atomic mass is 10.0. The number of guanidine groups is 1. The van der Waals surface area contributed by atoms with Gasteiger partial charge in [0.1, 0.15) is 0 Å². The van der Waals surface area contributed by atoms with Gasteiger partial charge in [0.15, 0.2) is 5.96 Å². The fraction of sp³-hybridized carbons (Fsp3) is 0.588. The molecule has 0 aliphatic heterocycles. The van der Waals surface area contributed by atoms with Gasteiger partial charge in [0, 0.05) is 20.1 Å². The van der Waals surface area contributed by atoms with Crippen molar-refractivity contribution in [3.8, 4) is 0 Å². The van der Waals surface area contributed by atoms with Crippen molar-refractivity contribution >= 4 is 40.0 Å². The third-order valence-corrected chi connectivity index (χ3v) is 5.38. The van der Waals surface area contributed by atoms with Gasteiger partial charge in [0.05, 0.1) is 4.90 Å². The van der Waals surface area contributed by atoms with Gasteiger partial charge in [-0.2, -0.15) is 0 Å². The summed E-state index contributed by atoms with van der Waals surface area (Å²) in [5.41, 5.74) is 0.843. The zero-order valence-electron chi connectivity index (χ0n) is 14.7. The fourth-order valence-corrected chi connectivity index (χ4v) is 3.72. The molecule has 25 heavy (non-hydrogen) atoms. The van der Waals surface area contributed by atoms with E-state index in [2.05, 4.69) is 15.6 Å². The molecular weight excluding hydrogens is 451 g/mol. The van der Waals surface area contributed by atoms with E-state index >= 15 is 0 Å². The van der Waals surface area contributed by atoms with Gasteiger partial charge in [0.2, 0.25) is 10.0 Å². The molecule has 0 saturated heterocycles. The average Bonchev–Trinajstić information content (AvgIpc) is 3.07. The van der Waals surface area contributed by atoms with Crippen molar-refractivity contribution in [2.45, 2.75) is 50.0 Å². The second-order valence-corrected chi connectivity index (χ2v) is 7.90. The van der Waals surface area contributed by atoms with Gasteiger partial charge < -0.3 is 10.6 Å². The molecule has 0 unspecified atom stereocenters. The quantitative estimate of drug-likeness (QED) is 0.242. The number of benzene rings is 1. The third kappa shape index (κ3) is 7.91. The Morgan fingerprint density at radius 1 is 1.28 bits per heavy atom. The third-order valence-electron chi connectivity index (χ3n) is 4.47. The Hall–Kier alpha value is -0.870. The van der Waals surface area contributed by atoms with Crippen LogP contribution in [0.4, 0.5) is 0 Å². The van der Waals surface area contributed by atoms with Crippen LogP contribution in [-0.2, 0) is 16.6 Å². The first-order chi connectivity index (χ1) is 11.5. The molecule has 1 aromatic rings. The van der Waals surface area contributed by atoms with Crippen LogP contribution in [0.2, 0.25) is 0 Å². The number of sulfonamides is 1. The molecule has 0 heterocycles. The molecule has 4 N–H and O–H groups in total. The van der Waals surface area contributed by atoms with Crippen molar-refractivity contribution < 1.29 is 8.42 Å². The predicted octanol–water partition coefficient (Wildman–Crippen LogP) is 2.59. The smallest absolute Gasteiger partial charge is 0.238 e. The number of primary sulfonamides is 1.